The lowest BCUT2D eigenvalue weighted by Crippen LogP contribution is -2.53. The molecule has 0 saturated heterocycles. The topological polar surface area (TPSA) is 80.3 Å². The molecule has 0 heterocycles. The van der Waals surface area contributed by atoms with Crippen LogP contribution in [0, 0.1) is 16.2 Å². The number of hydrogen-bond acceptors (Lipinski definition) is 4. The van der Waals surface area contributed by atoms with Crippen molar-refractivity contribution in [3.63, 3.8) is 0 Å². The van der Waals surface area contributed by atoms with E-state index in [2.05, 4.69) is 25.5 Å². The fourth-order valence-corrected chi connectivity index (χ4v) is 9.96. The minimum atomic E-state index is -3.72. The van der Waals surface area contributed by atoms with Crippen molar-refractivity contribution in [2.24, 2.45) is 16.2 Å². The van der Waals surface area contributed by atoms with Crippen molar-refractivity contribution in [1.29, 1.82) is 0 Å². The van der Waals surface area contributed by atoms with E-state index in [0.717, 1.165) is 19.3 Å². The van der Waals surface area contributed by atoms with Gasteiger partial charge in [0.05, 0.1) is 15.4 Å². The smallest absolute Gasteiger partial charge is 0.239 e. The molecule has 1 rings (SSSR count). The van der Waals surface area contributed by atoms with Gasteiger partial charge in [-0.1, -0.05) is 69.2 Å². The summed E-state index contributed by atoms with van der Waals surface area (Å²) in [6, 6.07) is 6.15. The maximum Gasteiger partial charge on any atom is 0.239 e. The largest absolute Gasteiger partial charge is 0.283 e. The van der Waals surface area contributed by atoms with Crippen molar-refractivity contribution in [1.82, 2.24) is 0 Å². The Hall–Kier alpha value is -1.08. The summed E-state index contributed by atoms with van der Waals surface area (Å²) in [7, 11) is -7.21. The van der Waals surface area contributed by atoms with Crippen LogP contribution in [0.2, 0.25) is 0 Å². The van der Waals surface area contributed by atoms with Crippen LogP contribution < -0.4 is 4.72 Å². The van der Waals surface area contributed by atoms with E-state index in [1.54, 1.807) is 12.1 Å². The zero-order chi connectivity index (χ0) is 25.9. The second-order valence-corrected chi connectivity index (χ2v) is 15.7. The number of anilines is 1. The molecule has 33 heavy (non-hydrogen) atoms. The third-order valence-corrected chi connectivity index (χ3v) is 12.1. The number of sulfone groups is 1. The number of nitrogens with one attached hydrogen (secondary N) is 1. The van der Waals surface area contributed by atoms with Gasteiger partial charge >= 0.3 is 0 Å². The highest BCUT2D eigenvalue weighted by atomic mass is 32.2. The summed E-state index contributed by atoms with van der Waals surface area (Å²) in [5.74, 6) is 0.0441. The molecule has 0 amide bonds. The molecule has 0 spiro atoms. The lowest BCUT2D eigenvalue weighted by Gasteiger charge is -2.46. The SMILES string of the molecule is CCC(C)(CC)C(CC)(CC)S(=O)(=O)Nc1ccc(S(=O)(=O)CC(C)(C)CC(C)(C)C)cc1. The van der Waals surface area contributed by atoms with E-state index in [1.165, 1.54) is 12.1 Å². The summed E-state index contributed by atoms with van der Waals surface area (Å²) in [5, 5.41) is 0. The van der Waals surface area contributed by atoms with Crippen LogP contribution in [0.3, 0.4) is 0 Å². The van der Waals surface area contributed by atoms with Crippen LogP contribution in [-0.4, -0.2) is 27.3 Å². The van der Waals surface area contributed by atoms with Gasteiger partial charge in [-0.15, -0.1) is 0 Å². The average molecular weight is 502 g/mol. The van der Waals surface area contributed by atoms with Crippen LogP contribution in [-0.2, 0) is 19.9 Å². The highest BCUT2D eigenvalue weighted by molar-refractivity contribution is 7.94. The number of benzene rings is 1. The van der Waals surface area contributed by atoms with Gasteiger partial charge in [-0.2, -0.15) is 0 Å². The van der Waals surface area contributed by atoms with Crippen LogP contribution in [0.15, 0.2) is 29.2 Å². The molecular weight excluding hydrogens is 454 g/mol. The van der Waals surface area contributed by atoms with Crippen LogP contribution in [0.25, 0.3) is 0 Å². The third kappa shape index (κ3) is 6.74. The Morgan fingerprint density at radius 3 is 1.55 bits per heavy atom. The van der Waals surface area contributed by atoms with Gasteiger partial charge in [-0.25, -0.2) is 16.8 Å². The molecule has 7 heteroatoms. The number of hydrogen-bond donors (Lipinski definition) is 1. The Morgan fingerprint density at radius 2 is 1.18 bits per heavy atom. The van der Waals surface area contributed by atoms with Gasteiger partial charge in [0.15, 0.2) is 9.84 Å². The van der Waals surface area contributed by atoms with Gasteiger partial charge in [-0.3, -0.25) is 4.72 Å². The molecule has 0 unspecified atom stereocenters. The van der Waals surface area contributed by atoms with E-state index in [-0.39, 0.29) is 26.9 Å². The fourth-order valence-electron chi connectivity index (χ4n) is 5.77. The second-order valence-electron chi connectivity index (χ2n) is 11.8. The van der Waals surface area contributed by atoms with E-state index in [4.69, 9.17) is 0 Å². The van der Waals surface area contributed by atoms with E-state index < -0.39 is 24.6 Å². The lowest BCUT2D eigenvalue weighted by molar-refractivity contribution is 0.180. The van der Waals surface area contributed by atoms with Crippen molar-refractivity contribution < 1.29 is 16.8 Å². The molecule has 192 valence electrons. The van der Waals surface area contributed by atoms with Crippen LogP contribution in [0.4, 0.5) is 5.69 Å². The number of sulfonamides is 1. The summed E-state index contributed by atoms with van der Waals surface area (Å²) in [6.45, 7) is 20.3. The molecule has 0 radical (unpaired) electrons. The number of rotatable bonds is 12. The maximum atomic E-state index is 13.6. The van der Waals surface area contributed by atoms with Gasteiger partial charge in [-0.05, 0) is 72.6 Å². The molecule has 0 bridgehead atoms. The van der Waals surface area contributed by atoms with E-state index >= 15 is 0 Å². The van der Waals surface area contributed by atoms with E-state index in [1.807, 2.05) is 48.5 Å². The minimum Gasteiger partial charge on any atom is -0.283 e. The highest BCUT2D eigenvalue weighted by Crippen LogP contribution is 2.48. The summed E-state index contributed by atoms with van der Waals surface area (Å²) < 4.78 is 55.2. The summed E-state index contributed by atoms with van der Waals surface area (Å²) in [6.07, 6.45) is 3.31. The maximum absolute atomic E-state index is 13.6. The lowest BCUT2D eigenvalue weighted by atomic mass is 9.69. The van der Waals surface area contributed by atoms with Crippen molar-refractivity contribution in [2.45, 2.75) is 111 Å². The molecular formula is C26H47NO4S2. The summed E-state index contributed by atoms with van der Waals surface area (Å²) in [4.78, 5) is 0.219. The molecule has 0 saturated carbocycles. The van der Waals surface area contributed by atoms with Crippen LogP contribution >= 0.6 is 0 Å². The van der Waals surface area contributed by atoms with Crippen molar-refractivity contribution in [3.05, 3.63) is 24.3 Å². The van der Waals surface area contributed by atoms with Crippen LogP contribution in [0.5, 0.6) is 0 Å². The molecule has 0 aliphatic carbocycles. The molecule has 0 aromatic heterocycles. The van der Waals surface area contributed by atoms with Crippen LogP contribution in [0.1, 0.15) is 101 Å². The van der Waals surface area contributed by atoms with Crippen molar-refractivity contribution in [2.75, 3.05) is 10.5 Å². The quantitative estimate of drug-likeness (QED) is 0.333. The molecule has 0 atom stereocenters. The zero-order valence-corrected chi connectivity index (χ0v) is 24.1. The monoisotopic (exact) mass is 501 g/mol. The summed E-state index contributed by atoms with van der Waals surface area (Å²) >= 11 is 0. The minimum absolute atomic E-state index is 0.0255. The Bertz CT molecular complexity index is 978. The van der Waals surface area contributed by atoms with Gasteiger partial charge in [0.1, 0.15) is 0 Å². The molecule has 1 N–H and O–H groups in total. The van der Waals surface area contributed by atoms with Gasteiger partial charge < -0.3 is 0 Å². The Kier molecular flexibility index (Phi) is 9.32. The van der Waals surface area contributed by atoms with Gasteiger partial charge in [0.25, 0.3) is 0 Å². The van der Waals surface area contributed by atoms with E-state index in [9.17, 15) is 16.8 Å². The third-order valence-electron chi connectivity index (χ3n) is 7.37. The molecule has 1 aromatic rings. The fraction of sp³-hybridized carbons (Fsp3) is 0.769. The first-order valence-corrected chi connectivity index (χ1v) is 15.3. The van der Waals surface area contributed by atoms with Crippen molar-refractivity contribution in [3.8, 4) is 0 Å². The normalized spacial score (nSPS) is 14.4. The molecule has 0 fully saturated rings. The average Bonchev–Trinajstić information content (AvgIpc) is 2.66. The Balaban J connectivity index is 3.24. The van der Waals surface area contributed by atoms with Gasteiger partial charge in [0.2, 0.25) is 10.0 Å². The summed E-state index contributed by atoms with van der Waals surface area (Å²) in [5.41, 5.74) is -0.324. The first kappa shape index (κ1) is 30.0. The molecule has 1 aromatic carbocycles. The first-order chi connectivity index (χ1) is 14.8. The van der Waals surface area contributed by atoms with E-state index in [0.29, 0.717) is 18.5 Å². The van der Waals surface area contributed by atoms with Gasteiger partial charge in [0, 0.05) is 5.69 Å². The standard InChI is InChI=1S/C26H47NO4S2/c1-11-25(10,12-2)26(13-3,14-4)33(30,31)27-21-15-17-22(18-16-21)32(28,29)20-24(8,9)19-23(5,6)7/h15-18,27H,11-14,19-20H2,1-10H3. The predicted molar refractivity (Wildman–Crippen MR) is 141 cm³/mol. The zero-order valence-electron chi connectivity index (χ0n) is 22.5. The first-order valence-electron chi connectivity index (χ1n) is 12.2. The second kappa shape index (κ2) is 10.3. The Morgan fingerprint density at radius 1 is 0.727 bits per heavy atom. The van der Waals surface area contributed by atoms with Crippen molar-refractivity contribution >= 4 is 25.5 Å². The Labute approximate surface area is 204 Å². The predicted octanol–water partition coefficient (Wildman–Crippen LogP) is 7.05. The highest BCUT2D eigenvalue weighted by Gasteiger charge is 2.53. The molecule has 5 nitrogen and oxygen atoms in total. The molecule has 0 aliphatic heterocycles. The molecule has 0 aliphatic rings.